The van der Waals surface area contributed by atoms with Crippen molar-refractivity contribution < 1.29 is 65.9 Å². The molecule has 3 N–H and O–H groups in total. The van der Waals surface area contributed by atoms with Crippen LogP contribution in [0.1, 0.15) is 0 Å². The van der Waals surface area contributed by atoms with Crippen molar-refractivity contribution in [2.75, 3.05) is 27.7 Å². The van der Waals surface area contributed by atoms with Crippen molar-refractivity contribution >= 4 is 7.60 Å². The number of halogens is 1. The summed E-state index contributed by atoms with van der Waals surface area (Å²) in [6.07, 6.45) is 0. The minimum Gasteiger partial charge on any atom is -1.00 e. The van der Waals surface area contributed by atoms with Crippen molar-refractivity contribution in [2.24, 2.45) is 0 Å². The first-order valence-electron chi connectivity index (χ1n) is 3.17. The Bertz CT molecular complexity index is 180. The zero-order valence-corrected chi connectivity index (χ0v) is 12.0. The van der Waals surface area contributed by atoms with E-state index in [-0.39, 0.29) is 48.5 Å². The molecule has 0 radical (unpaired) electrons. The van der Waals surface area contributed by atoms with E-state index in [0.717, 1.165) is 0 Å². The van der Waals surface area contributed by atoms with E-state index in [1.807, 2.05) is 0 Å². The first-order valence-corrected chi connectivity index (χ1v) is 4.85. The van der Waals surface area contributed by atoms with Gasteiger partial charge in [-0.25, -0.2) is 0 Å². The molecular weight excluding hydrogens is 227 g/mol. The molecule has 0 aromatic carbocycles. The SMILES string of the molecule is C[N+](C)(C)CC(O)P(=O)(O)O.[Cl-].[Na+]. The summed E-state index contributed by atoms with van der Waals surface area (Å²) in [7, 11) is 0.933. The van der Waals surface area contributed by atoms with Gasteiger partial charge in [0.2, 0.25) is 5.85 Å². The largest absolute Gasteiger partial charge is 1.00 e. The number of quaternary nitrogens is 1. The maximum atomic E-state index is 10.4. The van der Waals surface area contributed by atoms with Crippen molar-refractivity contribution in [1.82, 2.24) is 0 Å². The number of likely N-dealkylation sites (N-methyl/N-ethyl adjacent to an activating group) is 1. The molecular formula is C5H15ClNNaO4P+. The van der Waals surface area contributed by atoms with Crippen molar-refractivity contribution in [3.05, 3.63) is 0 Å². The Morgan fingerprint density at radius 2 is 1.62 bits per heavy atom. The Morgan fingerprint density at radius 3 is 1.69 bits per heavy atom. The summed E-state index contributed by atoms with van der Waals surface area (Å²) < 4.78 is 10.8. The van der Waals surface area contributed by atoms with Crippen molar-refractivity contribution in [3.63, 3.8) is 0 Å². The van der Waals surface area contributed by atoms with Crippen molar-refractivity contribution in [2.45, 2.75) is 5.85 Å². The predicted octanol–water partition coefficient (Wildman–Crippen LogP) is -6.80. The van der Waals surface area contributed by atoms with E-state index < -0.39 is 13.4 Å². The maximum absolute atomic E-state index is 10.4. The molecule has 5 nitrogen and oxygen atoms in total. The normalized spacial score (nSPS) is 14.0. The molecule has 1 atom stereocenters. The third-order valence-electron chi connectivity index (χ3n) is 1.10. The second-order valence-electron chi connectivity index (χ2n) is 3.54. The Labute approximate surface area is 107 Å². The molecule has 0 saturated heterocycles. The van der Waals surface area contributed by atoms with Gasteiger partial charge in [-0.3, -0.25) is 4.57 Å². The molecule has 13 heavy (non-hydrogen) atoms. The zero-order chi connectivity index (χ0) is 9.28. The van der Waals surface area contributed by atoms with E-state index >= 15 is 0 Å². The van der Waals surface area contributed by atoms with Gasteiger partial charge in [0.15, 0.2) is 0 Å². The average Bonchev–Trinajstić information content (AvgIpc) is 1.56. The molecule has 0 aromatic rings. The molecule has 0 spiro atoms. The molecule has 0 fully saturated rings. The smallest absolute Gasteiger partial charge is 1.00 e. The first kappa shape index (κ1) is 19.9. The van der Waals surface area contributed by atoms with E-state index in [1.54, 1.807) is 21.1 Å². The Hall–Kier alpha value is 1.36. The number of aliphatic hydroxyl groups excluding tert-OH is 1. The summed E-state index contributed by atoms with van der Waals surface area (Å²) in [6.45, 7) is 0.0459. The molecule has 0 bridgehead atoms. The van der Waals surface area contributed by atoms with Crippen LogP contribution in [0.4, 0.5) is 0 Å². The molecule has 8 heteroatoms. The van der Waals surface area contributed by atoms with Crippen LogP contribution in [0.5, 0.6) is 0 Å². The van der Waals surface area contributed by atoms with Gasteiger partial charge >= 0.3 is 37.2 Å². The third-order valence-corrected chi connectivity index (χ3v) is 2.04. The van der Waals surface area contributed by atoms with Gasteiger partial charge in [0.05, 0.1) is 21.1 Å². The molecule has 0 aliphatic carbocycles. The fourth-order valence-corrected chi connectivity index (χ4v) is 1.30. The van der Waals surface area contributed by atoms with Crippen LogP contribution >= 0.6 is 7.60 Å². The van der Waals surface area contributed by atoms with E-state index in [1.165, 1.54) is 0 Å². The first-order chi connectivity index (χ1) is 4.63. The van der Waals surface area contributed by atoms with Gasteiger partial charge in [0, 0.05) is 0 Å². The maximum Gasteiger partial charge on any atom is 1.00 e. The summed E-state index contributed by atoms with van der Waals surface area (Å²) in [6, 6.07) is 0. The Kier molecular flexibility index (Phi) is 10.3. The second kappa shape index (κ2) is 6.77. The average molecular weight is 243 g/mol. The van der Waals surface area contributed by atoms with Gasteiger partial charge in [0.25, 0.3) is 0 Å². The fourth-order valence-electron chi connectivity index (χ4n) is 0.596. The van der Waals surface area contributed by atoms with E-state index in [2.05, 4.69) is 0 Å². The topological polar surface area (TPSA) is 77.8 Å². The van der Waals surface area contributed by atoms with Crippen LogP contribution in [0.15, 0.2) is 0 Å². The van der Waals surface area contributed by atoms with Crippen LogP contribution < -0.4 is 42.0 Å². The molecule has 1 unspecified atom stereocenters. The fraction of sp³-hybridized carbons (Fsp3) is 1.00. The number of rotatable bonds is 3. The predicted molar refractivity (Wildman–Crippen MR) is 41.0 cm³/mol. The number of nitrogens with zero attached hydrogens (tertiary/aromatic N) is 1. The Morgan fingerprint density at radius 1 is 1.31 bits per heavy atom. The third kappa shape index (κ3) is 11.3. The summed E-state index contributed by atoms with van der Waals surface area (Å²) in [5.74, 6) is -1.55. The Balaban J connectivity index is -0.000000500. The van der Waals surface area contributed by atoms with Gasteiger partial charge in [0.1, 0.15) is 6.54 Å². The van der Waals surface area contributed by atoms with E-state index in [9.17, 15) is 4.57 Å². The summed E-state index contributed by atoms with van der Waals surface area (Å²) >= 11 is 0. The molecule has 0 rings (SSSR count). The van der Waals surface area contributed by atoms with Crippen LogP contribution in [-0.4, -0.2) is 52.9 Å². The molecule has 0 aliphatic heterocycles. The van der Waals surface area contributed by atoms with E-state index in [0.29, 0.717) is 4.48 Å². The quantitative estimate of drug-likeness (QED) is 0.261. The van der Waals surface area contributed by atoms with Crippen LogP contribution in [-0.2, 0) is 4.57 Å². The van der Waals surface area contributed by atoms with Crippen LogP contribution in [0, 0.1) is 0 Å². The van der Waals surface area contributed by atoms with Crippen molar-refractivity contribution in [3.8, 4) is 0 Å². The number of hydrogen-bond donors (Lipinski definition) is 3. The summed E-state index contributed by atoms with van der Waals surface area (Å²) in [5.41, 5.74) is 0. The van der Waals surface area contributed by atoms with Crippen LogP contribution in [0.2, 0.25) is 0 Å². The number of aliphatic hydroxyl groups is 1. The molecule has 0 saturated carbocycles. The monoisotopic (exact) mass is 242 g/mol. The molecule has 0 aliphatic rings. The zero-order valence-electron chi connectivity index (χ0n) is 8.31. The minimum atomic E-state index is -4.31. The van der Waals surface area contributed by atoms with E-state index in [4.69, 9.17) is 14.9 Å². The standard InChI is InChI=1S/C5H14NO4P.ClH.Na/c1-6(2,3)4-5(7)11(8,9)10;;/h5,7H,4H2,1-3H3,(H-,8,9,10);1H;/q;;+1. The summed E-state index contributed by atoms with van der Waals surface area (Å²) in [5, 5.41) is 8.94. The van der Waals surface area contributed by atoms with Crippen LogP contribution in [0.3, 0.4) is 0 Å². The van der Waals surface area contributed by atoms with Crippen molar-refractivity contribution in [1.29, 1.82) is 0 Å². The molecule has 0 amide bonds. The van der Waals surface area contributed by atoms with Gasteiger partial charge in [-0.05, 0) is 0 Å². The molecule has 76 valence electrons. The molecule has 0 heterocycles. The minimum absolute atomic E-state index is 0. The van der Waals surface area contributed by atoms with Gasteiger partial charge in [-0.2, -0.15) is 0 Å². The van der Waals surface area contributed by atoms with Gasteiger partial charge in [-0.1, -0.05) is 0 Å². The van der Waals surface area contributed by atoms with Crippen LogP contribution in [0.25, 0.3) is 0 Å². The second-order valence-corrected chi connectivity index (χ2v) is 5.32. The number of hydrogen-bond acceptors (Lipinski definition) is 2. The molecule has 0 aromatic heterocycles. The summed E-state index contributed by atoms with van der Waals surface area (Å²) in [4.78, 5) is 17.0. The van der Waals surface area contributed by atoms with Gasteiger partial charge in [-0.15, -0.1) is 0 Å². The van der Waals surface area contributed by atoms with Gasteiger partial charge < -0.3 is 31.8 Å².